The van der Waals surface area contributed by atoms with Crippen LogP contribution in [-0.2, 0) is 178 Å². The Bertz CT molecular complexity index is 3120. The SMILES string of the molecule is CO[C@@H]1[C@@H](OC)[C@H](O[C@H]2[C@H](OS(=O)(=O)O)[C@@H](OS(=O)(=O)O)[C@@H](O[C@H]3[C@H](OC)[C@@H](OC)[C@H](O[C@H]4[C@H](OC)[C@@H](OS(=O)(=O)O)[C@@H](C)O[C@@H]4COS(=O)(=O)O)O[C@H]3C(=O)O)O[C@@H]2COS(=O)(=O)O)O[C@H](C(=O)O)[C@H]1O[C@H]1O[C@H](COS(=O)(=O)O)[C@@H](OC(C)C)[C@H](OC)[C@H]1OC. The molecule has 5 rings (SSSR count). The average molecular weight is 1480 g/mol. The lowest BCUT2D eigenvalue weighted by Gasteiger charge is -2.51. The van der Waals surface area contributed by atoms with E-state index < -0.39 is 254 Å². The van der Waals surface area contributed by atoms with Crippen LogP contribution in [0.1, 0.15) is 20.8 Å². The Morgan fingerprint density at radius 1 is 0.348 bits per heavy atom. The molecule has 5 saturated heterocycles. The fourth-order valence-corrected chi connectivity index (χ4v) is 12.9. The molecule has 0 unspecified atom stereocenters. The maximum atomic E-state index is 13.3. The Labute approximate surface area is 525 Å². The minimum absolute atomic E-state index is 0.632. The van der Waals surface area contributed by atoms with E-state index in [1.807, 2.05) is 0 Å². The molecule has 25 atom stereocenters. The average Bonchev–Trinajstić information content (AvgIpc) is 0.771. The highest BCUT2D eigenvalue weighted by Crippen LogP contribution is 2.41. The number of aliphatic carboxylic acids is 2. The lowest BCUT2D eigenvalue weighted by atomic mass is 9.94. The Morgan fingerprint density at radius 2 is 0.620 bits per heavy atom. The van der Waals surface area contributed by atoms with E-state index in [1.54, 1.807) is 13.8 Å². The zero-order valence-corrected chi connectivity index (χ0v) is 54.2. The van der Waals surface area contributed by atoms with Crippen LogP contribution in [0.15, 0.2) is 0 Å². The van der Waals surface area contributed by atoms with Crippen molar-refractivity contribution in [2.45, 2.75) is 180 Å². The molecule has 5 fully saturated rings. The lowest BCUT2D eigenvalue weighted by Crippen LogP contribution is -2.70. The summed E-state index contributed by atoms with van der Waals surface area (Å²) >= 11 is 0. The van der Waals surface area contributed by atoms with Gasteiger partial charge in [0, 0.05) is 49.8 Å². The van der Waals surface area contributed by atoms with Gasteiger partial charge in [0.2, 0.25) is 0 Å². The first-order valence-corrected chi connectivity index (χ1v) is 34.1. The lowest BCUT2D eigenvalue weighted by molar-refractivity contribution is -0.387. The molecule has 0 bridgehead atoms. The van der Waals surface area contributed by atoms with Crippen molar-refractivity contribution in [2.24, 2.45) is 0 Å². The standard InChI is InChI=1S/C41H70O45S6/c1-14(2)74-20-17(12-72-88(49,50)51)76-38(32(68-8)24(20)65-5)80-27-25(66-6)34(70-10)40(83-30(27)36(42)43)79-22-18(13-73-89(52,53)54)77-41(35(86-92(61,62)63)29(22)85-91(58,59)60)81-28-26(67-7)33(69-9)39(82-31(28)37(44)45)78-21-16(11-71-87(46,47)48)75-15(3)19(23(21)64-4)84-90(55,56)57/h14-35,38-41H,11-13H2,1-10H3,(H,42,43)(H,44,45)(H,46,47,48)(H,49,50,51)(H,52,53,54)(H,55,56,57)(H,58,59,60)(H,61,62,63)/t15-,16-,17-,18-,19+,20-,21-,22-,23-,24+,25+,26+,27+,28+,29+,30+,31-,32-,33-,34-,35-,38-,39-,40-,41-/m1/s1. The van der Waals surface area contributed by atoms with Crippen molar-refractivity contribution in [1.29, 1.82) is 0 Å². The molecular formula is C41H70O45S6. The molecule has 5 aliphatic heterocycles. The molecule has 5 aliphatic rings. The van der Waals surface area contributed by atoms with E-state index in [0.29, 0.717) is 0 Å². The van der Waals surface area contributed by atoms with Crippen LogP contribution in [0.3, 0.4) is 0 Å². The summed E-state index contributed by atoms with van der Waals surface area (Å²) in [4.78, 5) is 26.6. The Morgan fingerprint density at radius 3 is 0.946 bits per heavy atom. The zero-order chi connectivity index (χ0) is 69.6. The summed E-state index contributed by atoms with van der Waals surface area (Å²) < 4.78 is 331. The van der Waals surface area contributed by atoms with Crippen molar-refractivity contribution in [3.05, 3.63) is 0 Å². The smallest absolute Gasteiger partial charge is 0.397 e. The van der Waals surface area contributed by atoms with Crippen molar-refractivity contribution < 1.29 is 203 Å². The Balaban J connectivity index is 1.60. The summed E-state index contributed by atoms with van der Waals surface area (Å²) in [7, 11) is -27.1. The van der Waals surface area contributed by atoms with Gasteiger partial charge in [0.05, 0.1) is 32.0 Å². The number of carbonyl (C=O) groups is 2. The summed E-state index contributed by atoms with van der Waals surface area (Å²) in [5, 5.41) is 21.5. The summed E-state index contributed by atoms with van der Waals surface area (Å²) in [6, 6.07) is 0. The van der Waals surface area contributed by atoms with Crippen LogP contribution < -0.4 is 0 Å². The summed E-state index contributed by atoms with van der Waals surface area (Å²) in [5.74, 6) is -4.08. The topological polar surface area (TPSA) is 613 Å². The van der Waals surface area contributed by atoms with Gasteiger partial charge in [0.1, 0.15) is 104 Å². The number of carboxylic acid groups (broad SMARTS) is 2. The largest absolute Gasteiger partial charge is 0.479 e. The van der Waals surface area contributed by atoms with E-state index >= 15 is 0 Å². The minimum Gasteiger partial charge on any atom is -0.479 e. The number of methoxy groups -OCH3 is 7. The van der Waals surface area contributed by atoms with E-state index in [9.17, 15) is 97.6 Å². The predicted molar refractivity (Wildman–Crippen MR) is 281 cm³/mol. The van der Waals surface area contributed by atoms with Crippen molar-refractivity contribution in [3.8, 4) is 0 Å². The van der Waals surface area contributed by atoms with Gasteiger partial charge in [-0.25, -0.2) is 34.7 Å². The van der Waals surface area contributed by atoms with E-state index in [0.717, 1.165) is 56.7 Å². The molecule has 0 spiro atoms. The molecule has 92 heavy (non-hydrogen) atoms. The van der Waals surface area contributed by atoms with Crippen molar-refractivity contribution in [1.82, 2.24) is 0 Å². The third-order valence-electron chi connectivity index (χ3n) is 13.9. The molecule has 45 nitrogen and oxygen atoms in total. The number of hydrogen-bond acceptors (Lipinski definition) is 37. The molecule has 0 aromatic rings. The quantitative estimate of drug-likeness (QED) is 0.0278. The van der Waals surface area contributed by atoms with Gasteiger partial charge in [-0.2, -0.15) is 50.5 Å². The highest BCUT2D eigenvalue weighted by Gasteiger charge is 2.62. The van der Waals surface area contributed by atoms with E-state index in [4.69, 9.17) is 93.1 Å². The highest BCUT2D eigenvalue weighted by atomic mass is 32.3. The van der Waals surface area contributed by atoms with Crippen LogP contribution >= 0.6 is 0 Å². The molecule has 51 heteroatoms. The maximum Gasteiger partial charge on any atom is 0.397 e. The first-order chi connectivity index (χ1) is 42.4. The molecular weight excluding hydrogens is 1400 g/mol. The van der Waals surface area contributed by atoms with Crippen molar-refractivity contribution in [2.75, 3.05) is 69.6 Å². The van der Waals surface area contributed by atoms with Gasteiger partial charge in [0.25, 0.3) is 0 Å². The van der Waals surface area contributed by atoms with Crippen LogP contribution in [0.5, 0.6) is 0 Å². The molecule has 8 N–H and O–H groups in total. The molecule has 0 amide bonds. The van der Waals surface area contributed by atoms with Gasteiger partial charge < -0.3 is 90.7 Å². The molecule has 0 aliphatic carbocycles. The van der Waals surface area contributed by atoms with E-state index in [-0.39, 0.29) is 0 Å². The van der Waals surface area contributed by atoms with Gasteiger partial charge >= 0.3 is 74.3 Å². The Kier molecular flexibility index (Phi) is 28.7. The van der Waals surface area contributed by atoms with Crippen molar-refractivity contribution >= 4 is 74.3 Å². The first-order valence-electron chi connectivity index (χ1n) is 25.9. The fraction of sp³-hybridized carbons (Fsp3) is 0.951. The van der Waals surface area contributed by atoms with Crippen LogP contribution in [0.25, 0.3) is 0 Å². The predicted octanol–water partition coefficient (Wildman–Crippen LogP) is -5.70. The van der Waals surface area contributed by atoms with Gasteiger partial charge in [-0.3, -0.25) is 27.3 Å². The molecule has 540 valence electrons. The number of hydrogen-bond donors (Lipinski definition) is 8. The molecule has 0 saturated carbocycles. The molecule has 0 radical (unpaired) electrons. The molecule has 0 aromatic heterocycles. The second-order valence-electron chi connectivity index (χ2n) is 20.0. The second-order valence-corrected chi connectivity index (χ2v) is 26.5. The third kappa shape index (κ3) is 22.0. The minimum atomic E-state index is -6.13. The van der Waals surface area contributed by atoms with Crippen LogP contribution in [0, 0.1) is 0 Å². The normalized spacial score (nSPS) is 38.1. The highest BCUT2D eigenvalue weighted by molar-refractivity contribution is 7.82. The fourth-order valence-electron chi connectivity index (χ4n) is 10.5. The van der Waals surface area contributed by atoms with E-state index in [2.05, 4.69) is 12.5 Å². The number of carboxylic acids is 2. The van der Waals surface area contributed by atoms with Crippen molar-refractivity contribution in [3.63, 3.8) is 0 Å². The molecule has 5 heterocycles. The number of ether oxygens (including phenoxy) is 17. The molecule has 0 aromatic carbocycles. The van der Waals surface area contributed by atoms with Gasteiger partial charge in [-0.05, 0) is 20.8 Å². The van der Waals surface area contributed by atoms with Crippen LogP contribution in [0.2, 0.25) is 0 Å². The summed E-state index contributed by atoms with van der Waals surface area (Å²) in [5.41, 5.74) is 0. The maximum absolute atomic E-state index is 13.3. The zero-order valence-electron chi connectivity index (χ0n) is 49.3. The monoisotopic (exact) mass is 1470 g/mol. The summed E-state index contributed by atoms with van der Waals surface area (Å²) in [6.45, 7) is 0.403. The van der Waals surface area contributed by atoms with E-state index in [1.165, 1.54) is 0 Å². The summed E-state index contributed by atoms with van der Waals surface area (Å²) in [6.07, 6.45) is -53.7. The van der Waals surface area contributed by atoms with Gasteiger partial charge in [-0.15, -0.1) is 0 Å². The second kappa shape index (κ2) is 32.9. The third-order valence-corrected chi connectivity index (χ3v) is 16.6. The van der Waals surface area contributed by atoms with Gasteiger partial charge in [0.15, 0.2) is 43.5 Å². The number of rotatable bonds is 34. The van der Waals surface area contributed by atoms with Crippen LogP contribution in [-0.4, -0.2) is 329 Å². The van der Waals surface area contributed by atoms with Gasteiger partial charge in [-0.1, -0.05) is 0 Å². The Hall–Kier alpha value is -2.52. The first kappa shape index (κ1) is 80.2. The van der Waals surface area contributed by atoms with Crippen LogP contribution in [0.4, 0.5) is 0 Å².